The number of epoxide rings is 1. The van der Waals surface area contributed by atoms with Crippen molar-refractivity contribution in [1.29, 1.82) is 0 Å². The summed E-state index contributed by atoms with van der Waals surface area (Å²) in [4.78, 5) is 26.1. The summed E-state index contributed by atoms with van der Waals surface area (Å²) in [7, 11) is 0. The van der Waals surface area contributed by atoms with Crippen LogP contribution in [-0.4, -0.2) is 37.4 Å². The number of carbonyl (C=O) groups excluding carboxylic acids is 2. The summed E-state index contributed by atoms with van der Waals surface area (Å²) in [6.45, 7) is 0.833. The fourth-order valence-corrected chi connectivity index (χ4v) is 6.33. The molecule has 1 saturated heterocycles. The van der Waals surface area contributed by atoms with Gasteiger partial charge in [-0.2, -0.15) is 0 Å². The van der Waals surface area contributed by atoms with Crippen molar-refractivity contribution in [2.75, 3.05) is 13.2 Å². The van der Waals surface area contributed by atoms with Crippen molar-refractivity contribution in [2.45, 2.75) is 70.0 Å². The van der Waals surface area contributed by atoms with E-state index in [0.29, 0.717) is 13.2 Å². The van der Waals surface area contributed by atoms with E-state index in [2.05, 4.69) is 48.5 Å². The average Bonchev–Trinajstić information content (AvgIpc) is 3.52. The molecule has 2 bridgehead atoms. The summed E-state index contributed by atoms with van der Waals surface area (Å²) in [5.74, 6) is -1.07. The Morgan fingerprint density at radius 2 is 1.08 bits per heavy atom. The van der Waals surface area contributed by atoms with Crippen LogP contribution in [-0.2, 0) is 36.6 Å². The summed E-state index contributed by atoms with van der Waals surface area (Å²) in [6, 6.07) is 20.9. The van der Waals surface area contributed by atoms with Gasteiger partial charge in [-0.15, -0.1) is 0 Å². The van der Waals surface area contributed by atoms with Crippen molar-refractivity contribution in [1.82, 2.24) is 0 Å². The summed E-state index contributed by atoms with van der Waals surface area (Å²) in [5.41, 5.74) is 2.68. The molecule has 0 N–H and O–H groups in total. The molecule has 1 heterocycles. The van der Waals surface area contributed by atoms with Gasteiger partial charge in [0.25, 0.3) is 0 Å². The zero-order valence-corrected chi connectivity index (χ0v) is 21.1. The molecule has 5 heteroatoms. The predicted molar refractivity (Wildman–Crippen MR) is 137 cm³/mol. The van der Waals surface area contributed by atoms with Gasteiger partial charge in [0.15, 0.2) is 0 Å². The SMILES string of the molecule is O=C(OCCCCCc1ccccc1)C1C2CC(C3OC23)C1C(=O)OCCCCCc1ccccc1. The Morgan fingerprint density at radius 3 is 1.53 bits per heavy atom. The molecule has 2 aromatic rings. The van der Waals surface area contributed by atoms with E-state index in [1.165, 1.54) is 11.1 Å². The normalized spacial score (nSPS) is 27.4. The maximum atomic E-state index is 13.0. The highest BCUT2D eigenvalue weighted by atomic mass is 16.6. The molecule has 0 radical (unpaired) electrons. The number of carbonyl (C=O) groups is 2. The second kappa shape index (κ2) is 12.1. The quantitative estimate of drug-likeness (QED) is 0.197. The number of esters is 2. The van der Waals surface area contributed by atoms with Gasteiger partial charge >= 0.3 is 11.9 Å². The first-order valence-corrected chi connectivity index (χ1v) is 13.8. The first-order chi connectivity index (χ1) is 17.7. The lowest BCUT2D eigenvalue weighted by atomic mass is 9.79. The molecule has 0 aromatic heterocycles. The Balaban J connectivity index is 1.02. The Kier molecular flexibility index (Phi) is 8.37. The number of hydrogen-bond donors (Lipinski definition) is 0. The molecule has 3 fully saturated rings. The lowest BCUT2D eigenvalue weighted by Gasteiger charge is -2.25. The van der Waals surface area contributed by atoms with Crippen LogP contribution in [0.5, 0.6) is 0 Å². The first-order valence-electron chi connectivity index (χ1n) is 13.8. The highest BCUT2D eigenvalue weighted by Gasteiger charge is 2.71. The van der Waals surface area contributed by atoms with Crippen molar-refractivity contribution in [2.24, 2.45) is 23.7 Å². The fraction of sp³-hybridized carbons (Fsp3) is 0.548. The van der Waals surface area contributed by atoms with Crippen molar-refractivity contribution in [3.63, 3.8) is 0 Å². The van der Waals surface area contributed by atoms with Gasteiger partial charge in [0.05, 0.1) is 37.3 Å². The lowest BCUT2D eigenvalue weighted by Crippen LogP contribution is -2.40. The first kappa shape index (κ1) is 25.0. The van der Waals surface area contributed by atoms with Crippen molar-refractivity contribution in [3.05, 3.63) is 71.8 Å². The Hall–Kier alpha value is -2.66. The molecule has 2 aromatic carbocycles. The number of ether oxygens (including phenoxy) is 3. The van der Waals surface area contributed by atoms with Crippen LogP contribution < -0.4 is 0 Å². The van der Waals surface area contributed by atoms with Gasteiger partial charge in [0.1, 0.15) is 0 Å². The van der Waals surface area contributed by atoms with Crippen LogP contribution in [0.4, 0.5) is 0 Å². The smallest absolute Gasteiger partial charge is 0.310 e. The largest absolute Gasteiger partial charge is 0.465 e. The van der Waals surface area contributed by atoms with E-state index in [9.17, 15) is 9.59 Å². The molecule has 2 saturated carbocycles. The third-order valence-electron chi connectivity index (χ3n) is 8.20. The Bertz CT molecular complexity index is 911. The topological polar surface area (TPSA) is 65.1 Å². The van der Waals surface area contributed by atoms with Crippen molar-refractivity contribution in [3.8, 4) is 0 Å². The molecule has 5 nitrogen and oxygen atoms in total. The molecule has 192 valence electrons. The third kappa shape index (κ3) is 6.00. The van der Waals surface area contributed by atoms with E-state index in [4.69, 9.17) is 14.2 Å². The highest BCUT2D eigenvalue weighted by molar-refractivity contribution is 5.84. The van der Waals surface area contributed by atoms with E-state index in [1.807, 2.05) is 12.1 Å². The van der Waals surface area contributed by atoms with Crippen LogP contribution in [0.25, 0.3) is 0 Å². The van der Waals surface area contributed by atoms with E-state index in [-0.39, 0.29) is 36.0 Å². The number of unbranched alkanes of at least 4 members (excludes halogenated alkanes) is 4. The van der Waals surface area contributed by atoms with E-state index < -0.39 is 11.8 Å². The zero-order chi connectivity index (χ0) is 24.7. The van der Waals surface area contributed by atoms with Crippen LogP contribution in [0.1, 0.15) is 56.1 Å². The molecular formula is C31H38O5. The van der Waals surface area contributed by atoms with Gasteiger partial charge in [-0.25, -0.2) is 0 Å². The van der Waals surface area contributed by atoms with Gasteiger partial charge < -0.3 is 14.2 Å². The van der Waals surface area contributed by atoms with Crippen LogP contribution in [0.15, 0.2) is 60.7 Å². The van der Waals surface area contributed by atoms with E-state index >= 15 is 0 Å². The van der Waals surface area contributed by atoms with Gasteiger partial charge in [0, 0.05) is 11.8 Å². The predicted octanol–water partition coefficient (Wildman–Crippen LogP) is 5.55. The van der Waals surface area contributed by atoms with Gasteiger partial charge in [-0.1, -0.05) is 60.7 Å². The minimum Gasteiger partial charge on any atom is -0.465 e. The molecule has 0 amide bonds. The van der Waals surface area contributed by atoms with Crippen molar-refractivity contribution < 1.29 is 23.8 Å². The fourth-order valence-electron chi connectivity index (χ4n) is 6.33. The maximum absolute atomic E-state index is 13.0. The lowest BCUT2D eigenvalue weighted by molar-refractivity contribution is -0.163. The minimum atomic E-state index is -0.409. The maximum Gasteiger partial charge on any atom is 0.310 e. The zero-order valence-electron chi connectivity index (χ0n) is 21.1. The minimum absolute atomic E-state index is 0.106. The third-order valence-corrected chi connectivity index (χ3v) is 8.20. The van der Waals surface area contributed by atoms with E-state index in [0.717, 1.165) is 57.8 Å². The molecular weight excluding hydrogens is 452 g/mol. The Morgan fingerprint density at radius 1 is 0.639 bits per heavy atom. The number of fused-ring (bicyclic) bond motifs is 5. The molecule has 2 aliphatic carbocycles. The van der Waals surface area contributed by atoms with Gasteiger partial charge in [0.2, 0.25) is 0 Å². The molecule has 6 atom stereocenters. The number of rotatable bonds is 14. The molecule has 1 aliphatic heterocycles. The van der Waals surface area contributed by atoms with Gasteiger partial charge in [-0.05, 0) is 68.9 Å². The van der Waals surface area contributed by atoms with Crippen molar-refractivity contribution >= 4 is 11.9 Å². The molecule has 5 rings (SSSR count). The standard InChI is InChI=1S/C31H38O5/c32-30(34-19-11-3-9-17-22-13-5-1-6-14-22)26-24-21-25(29-28(24)36-29)27(26)31(33)35-20-12-4-10-18-23-15-7-2-8-16-23/h1-2,5-8,13-16,24-29H,3-4,9-12,17-21H2. The van der Waals surface area contributed by atoms with E-state index in [1.54, 1.807) is 0 Å². The monoisotopic (exact) mass is 490 g/mol. The summed E-state index contributed by atoms with van der Waals surface area (Å²) < 4.78 is 17.1. The second-order valence-corrected chi connectivity index (χ2v) is 10.6. The summed E-state index contributed by atoms with van der Waals surface area (Å²) >= 11 is 0. The average molecular weight is 491 g/mol. The Labute approximate surface area is 214 Å². The van der Waals surface area contributed by atoms with Crippen LogP contribution in [0.2, 0.25) is 0 Å². The summed E-state index contributed by atoms with van der Waals surface area (Å²) in [6.07, 6.45) is 9.12. The van der Waals surface area contributed by atoms with Crippen LogP contribution >= 0.6 is 0 Å². The molecule has 36 heavy (non-hydrogen) atoms. The second-order valence-electron chi connectivity index (χ2n) is 10.6. The molecule has 0 spiro atoms. The molecule has 6 unspecified atom stereocenters. The van der Waals surface area contributed by atoms with Gasteiger partial charge in [-0.3, -0.25) is 9.59 Å². The van der Waals surface area contributed by atoms with Crippen LogP contribution in [0.3, 0.4) is 0 Å². The number of aryl methyl sites for hydroxylation is 2. The summed E-state index contributed by atoms with van der Waals surface area (Å²) in [5, 5.41) is 0. The number of hydrogen-bond acceptors (Lipinski definition) is 5. The molecule has 3 aliphatic rings. The number of benzene rings is 2. The van der Waals surface area contributed by atoms with Crippen LogP contribution in [0, 0.1) is 23.7 Å². The highest BCUT2D eigenvalue weighted by Crippen LogP contribution is 2.62.